The molecular formula is C24H21NO6. The Hall–Kier alpha value is -4.13. The van der Waals surface area contributed by atoms with E-state index in [1.54, 1.807) is 54.7 Å². The number of rotatable bonds is 8. The number of hydrogen-bond donors (Lipinski definition) is 1. The third-order valence-corrected chi connectivity index (χ3v) is 4.44. The SMILES string of the molecule is COC(=O)c1ccccc1N=Cc1ccc(OCc2ccc(C(=O)O)cc2)c(OC)c1. The number of carbonyl (C=O) groups is 2. The van der Waals surface area contributed by atoms with Crippen molar-refractivity contribution in [2.75, 3.05) is 14.2 Å². The number of para-hydroxylation sites is 1. The summed E-state index contributed by atoms with van der Waals surface area (Å²) in [6, 6.07) is 18.7. The van der Waals surface area contributed by atoms with Gasteiger partial charge in [0, 0.05) is 6.21 Å². The zero-order chi connectivity index (χ0) is 22.2. The number of esters is 1. The molecule has 0 spiro atoms. The van der Waals surface area contributed by atoms with E-state index >= 15 is 0 Å². The molecule has 0 amide bonds. The summed E-state index contributed by atoms with van der Waals surface area (Å²) in [5.74, 6) is -0.365. The van der Waals surface area contributed by atoms with Crippen LogP contribution in [0.1, 0.15) is 31.8 Å². The van der Waals surface area contributed by atoms with Crippen molar-refractivity contribution < 1.29 is 28.9 Å². The van der Waals surface area contributed by atoms with E-state index in [0.29, 0.717) is 22.7 Å². The van der Waals surface area contributed by atoms with Gasteiger partial charge in [-0.15, -0.1) is 0 Å². The summed E-state index contributed by atoms with van der Waals surface area (Å²) in [7, 11) is 2.87. The fourth-order valence-electron chi connectivity index (χ4n) is 2.80. The molecule has 3 aromatic rings. The molecule has 0 heterocycles. The summed E-state index contributed by atoms with van der Waals surface area (Å²) in [5, 5.41) is 8.97. The second-order valence-electron chi connectivity index (χ2n) is 6.47. The third kappa shape index (κ3) is 5.48. The molecule has 0 saturated heterocycles. The molecule has 0 atom stereocenters. The number of carboxylic acids is 1. The molecule has 0 radical (unpaired) electrons. The monoisotopic (exact) mass is 419 g/mol. The topological polar surface area (TPSA) is 94.4 Å². The molecule has 0 aliphatic rings. The van der Waals surface area contributed by atoms with Crippen LogP contribution in [0, 0.1) is 0 Å². The zero-order valence-electron chi connectivity index (χ0n) is 17.1. The molecule has 158 valence electrons. The normalized spacial score (nSPS) is 10.6. The Labute approximate surface area is 179 Å². The largest absolute Gasteiger partial charge is 0.493 e. The molecule has 0 aromatic heterocycles. The van der Waals surface area contributed by atoms with E-state index in [4.69, 9.17) is 19.3 Å². The molecule has 3 aromatic carbocycles. The number of aliphatic imine (C=N–C) groups is 1. The van der Waals surface area contributed by atoms with Crippen LogP contribution in [-0.2, 0) is 11.3 Å². The quantitative estimate of drug-likeness (QED) is 0.426. The van der Waals surface area contributed by atoms with Gasteiger partial charge in [0.15, 0.2) is 11.5 Å². The van der Waals surface area contributed by atoms with Gasteiger partial charge in [-0.25, -0.2) is 9.59 Å². The Morgan fingerprint density at radius 1 is 0.968 bits per heavy atom. The Morgan fingerprint density at radius 3 is 2.39 bits per heavy atom. The Morgan fingerprint density at radius 2 is 1.71 bits per heavy atom. The van der Waals surface area contributed by atoms with Crippen LogP contribution in [-0.4, -0.2) is 37.5 Å². The lowest BCUT2D eigenvalue weighted by molar-refractivity contribution is 0.0600. The molecule has 3 rings (SSSR count). The Bertz CT molecular complexity index is 1110. The summed E-state index contributed by atoms with van der Waals surface area (Å²) in [6.07, 6.45) is 1.62. The van der Waals surface area contributed by atoms with E-state index in [0.717, 1.165) is 11.1 Å². The number of benzene rings is 3. The second-order valence-corrected chi connectivity index (χ2v) is 6.47. The predicted molar refractivity (Wildman–Crippen MR) is 116 cm³/mol. The molecule has 7 nitrogen and oxygen atoms in total. The summed E-state index contributed by atoms with van der Waals surface area (Å²) in [5.41, 5.74) is 2.69. The van der Waals surface area contributed by atoms with Crippen LogP contribution in [0.2, 0.25) is 0 Å². The van der Waals surface area contributed by atoms with Crippen LogP contribution in [0.15, 0.2) is 71.7 Å². The van der Waals surface area contributed by atoms with Gasteiger partial charge < -0.3 is 19.3 Å². The van der Waals surface area contributed by atoms with Gasteiger partial charge in [-0.05, 0) is 53.6 Å². The number of carbonyl (C=O) groups excluding carboxylic acids is 1. The molecule has 0 unspecified atom stereocenters. The highest BCUT2D eigenvalue weighted by Crippen LogP contribution is 2.29. The minimum Gasteiger partial charge on any atom is -0.493 e. The van der Waals surface area contributed by atoms with Crippen molar-refractivity contribution in [1.82, 2.24) is 0 Å². The first kappa shape index (κ1) is 21.6. The van der Waals surface area contributed by atoms with Crippen LogP contribution >= 0.6 is 0 Å². The van der Waals surface area contributed by atoms with Crippen molar-refractivity contribution in [2.24, 2.45) is 4.99 Å². The van der Waals surface area contributed by atoms with Gasteiger partial charge in [-0.1, -0.05) is 24.3 Å². The van der Waals surface area contributed by atoms with Gasteiger partial charge in [0.2, 0.25) is 0 Å². The van der Waals surface area contributed by atoms with Crippen molar-refractivity contribution in [1.29, 1.82) is 0 Å². The Kier molecular flexibility index (Phi) is 7.01. The minimum absolute atomic E-state index is 0.221. The number of hydrogen-bond acceptors (Lipinski definition) is 6. The van der Waals surface area contributed by atoms with Gasteiger partial charge in [-0.2, -0.15) is 0 Å². The fraction of sp³-hybridized carbons (Fsp3) is 0.125. The van der Waals surface area contributed by atoms with Crippen molar-refractivity contribution in [3.8, 4) is 11.5 Å². The summed E-state index contributed by atoms with van der Waals surface area (Å²) < 4.78 is 16.0. The van der Waals surface area contributed by atoms with Crippen LogP contribution in [0.25, 0.3) is 0 Å². The maximum atomic E-state index is 11.9. The third-order valence-electron chi connectivity index (χ3n) is 4.44. The predicted octanol–water partition coefficient (Wildman–Crippen LogP) is 4.51. The van der Waals surface area contributed by atoms with E-state index in [-0.39, 0.29) is 12.2 Å². The lowest BCUT2D eigenvalue weighted by Gasteiger charge is -2.11. The molecular weight excluding hydrogens is 398 g/mol. The maximum Gasteiger partial charge on any atom is 0.340 e. The summed E-state index contributed by atoms with van der Waals surface area (Å²) in [6.45, 7) is 0.260. The van der Waals surface area contributed by atoms with E-state index in [1.165, 1.54) is 26.4 Å². The highest BCUT2D eigenvalue weighted by Gasteiger charge is 2.10. The Balaban J connectivity index is 1.73. The first-order valence-corrected chi connectivity index (χ1v) is 9.36. The molecule has 31 heavy (non-hydrogen) atoms. The van der Waals surface area contributed by atoms with Crippen molar-refractivity contribution in [3.63, 3.8) is 0 Å². The first-order valence-electron chi connectivity index (χ1n) is 9.36. The van der Waals surface area contributed by atoms with E-state index in [2.05, 4.69) is 4.99 Å². The molecule has 0 aliphatic carbocycles. The number of carboxylic acid groups (broad SMARTS) is 1. The molecule has 0 fully saturated rings. The molecule has 1 N–H and O–H groups in total. The molecule has 0 aliphatic heterocycles. The zero-order valence-corrected chi connectivity index (χ0v) is 17.1. The summed E-state index contributed by atoms with van der Waals surface area (Å²) in [4.78, 5) is 27.2. The van der Waals surface area contributed by atoms with Crippen molar-refractivity contribution in [3.05, 3.63) is 89.0 Å². The maximum absolute atomic E-state index is 11.9. The van der Waals surface area contributed by atoms with Crippen LogP contribution < -0.4 is 9.47 Å². The molecule has 0 bridgehead atoms. The van der Waals surface area contributed by atoms with Gasteiger partial charge in [0.1, 0.15) is 6.61 Å². The second kappa shape index (κ2) is 10.1. The van der Waals surface area contributed by atoms with E-state index in [9.17, 15) is 9.59 Å². The smallest absolute Gasteiger partial charge is 0.340 e. The van der Waals surface area contributed by atoms with Gasteiger partial charge in [0.05, 0.1) is 31.0 Å². The molecule has 7 heteroatoms. The van der Waals surface area contributed by atoms with Crippen LogP contribution in [0.4, 0.5) is 5.69 Å². The highest BCUT2D eigenvalue weighted by molar-refractivity contribution is 5.96. The van der Waals surface area contributed by atoms with Gasteiger partial charge in [0.25, 0.3) is 0 Å². The van der Waals surface area contributed by atoms with Gasteiger partial charge >= 0.3 is 11.9 Å². The minimum atomic E-state index is -0.972. The van der Waals surface area contributed by atoms with E-state index < -0.39 is 11.9 Å². The van der Waals surface area contributed by atoms with E-state index in [1.807, 2.05) is 6.07 Å². The number of nitrogens with zero attached hydrogens (tertiary/aromatic N) is 1. The number of aromatic carboxylic acids is 1. The fourth-order valence-corrected chi connectivity index (χ4v) is 2.80. The number of ether oxygens (including phenoxy) is 3. The van der Waals surface area contributed by atoms with Crippen molar-refractivity contribution in [2.45, 2.75) is 6.61 Å². The van der Waals surface area contributed by atoms with Crippen LogP contribution in [0.5, 0.6) is 11.5 Å². The summed E-state index contributed by atoms with van der Waals surface area (Å²) >= 11 is 0. The average Bonchev–Trinajstić information content (AvgIpc) is 2.81. The van der Waals surface area contributed by atoms with Crippen LogP contribution in [0.3, 0.4) is 0 Å². The standard InChI is InChI=1S/C24H21NO6/c1-29-22-13-17(14-25-20-6-4-3-5-19(20)24(28)30-2)9-12-21(22)31-15-16-7-10-18(11-8-16)23(26)27/h3-14H,15H2,1-2H3,(H,26,27). The lowest BCUT2D eigenvalue weighted by atomic mass is 10.1. The first-order chi connectivity index (χ1) is 15.0. The van der Waals surface area contributed by atoms with Gasteiger partial charge in [-0.3, -0.25) is 4.99 Å². The highest BCUT2D eigenvalue weighted by atomic mass is 16.5. The lowest BCUT2D eigenvalue weighted by Crippen LogP contribution is -2.01. The molecule has 0 saturated carbocycles. The number of methoxy groups -OCH3 is 2. The van der Waals surface area contributed by atoms with Crippen molar-refractivity contribution >= 4 is 23.8 Å². The average molecular weight is 419 g/mol.